The van der Waals surface area contributed by atoms with Gasteiger partial charge in [0, 0.05) is 22.4 Å². The second-order valence-corrected chi connectivity index (χ2v) is 14.1. The summed E-state index contributed by atoms with van der Waals surface area (Å²) >= 11 is 1.80. The second kappa shape index (κ2) is 16.7. The van der Waals surface area contributed by atoms with Gasteiger partial charge in [-0.15, -0.1) is 11.3 Å². The summed E-state index contributed by atoms with van der Waals surface area (Å²) in [7, 11) is 0. The van der Waals surface area contributed by atoms with Crippen LogP contribution in [0.2, 0.25) is 0 Å². The van der Waals surface area contributed by atoms with Crippen LogP contribution in [0.25, 0.3) is 37.3 Å². The Balaban J connectivity index is 0.00000221. The molecule has 0 saturated heterocycles. The monoisotopic (exact) mass is 719 g/mol. The molecule has 54 heavy (non-hydrogen) atoms. The predicted octanol–water partition coefficient (Wildman–Crippen LogP) is 13.8. The topological polar surface area (TPSA) is 36.8 Å². The molecule has 0 radical (unpaired) electrons. The number of rotatable bonds is 10. The number of aryl methyl sites for hydroxylation is 1. The number of nitrogens with zero attached hydrogens (tertiary/aromatic N) is 2. The number of aliphatic imine (C=N–C) groups is 2. The standard InChI is InChI=1S/C48H39N3S.C2H6/c1-4-43(50-46(34-16-6-5-7-17-34)47-32(2)39-20-13-15-25-45(39)52-47)33-26-28-35(29-27-33)48(49-3)51-44-24-14-9-19-37(44)31-38-30-36-18-8-10-21-40(36)42-23-12-11-22-41(38)42;1-2/h4-30,48,51H,3,31H2,1-2H3;1-2H3/b43-4-,50-46?;. The highest BCUT2D eigenvalue weighted by atomic mass is 32.1. The van der Waals surface area contributed by atoms with Crippen molar-refractivity contribution in [1.82, 2.24) is 0 Å². The molecule has 1 unspecified atom stereocenters. The van der Waals surface area contributed by atoms with Gasteiger partial charge in [0.1, 0.15) is 6.17 Å². The van der Waals surface area contributed by atoms with Crippen LogP contribution < -0.4 is 5.32 Å². The second-order valence-electron chi connectivity index (χ2n) is 13.0. The van der Waals surface area contributed by atoms with Crippen molar-refractivity contribution in [3.8, 4) is 0 Å². The summed E-state index contributed by atoms with van der Waals surface area (Å²) in [6, 6.07) is 55.9. The van der Waals surface area contributed by atoms with Gasteiger partial charge in [-0.3, -0.25) is 4.99 Å². The average molecular weight is 720 g/mol. The number of para-hydroxylation sites is 1. The lowest BCUT2D eigenvalue weighted by molar-refractivity contribution is 0.843. The third kappa shape index (κ3) is 7.39. The van der Waals surface area contributed by atoms with Crippen molar-refractivity contribution in [3.63, 3.8) is 0 Å². The molecule has 0 spiro atoms. The van der Waals surface area contributed by atoms with E-state index in [1.807, 2.05) is 13.8 Å². The van der Waals surface area contributed by atoms with E-state index in [2.05, 4.69) is 195 Å². The van der Waals surface area contributed by atoms with Crippen molar-refractivity contribution in [1.29, 1.82) is 0 Å². The van der Waals surface area contributed by atoms with Gasteiger partial charge in [-0.25, -0.2) is 4.99 Å². The number of fused-ring (bicyclic) bond motifs is 4. The van der Waals surface area contributed by atoms with Gasteiger partial charge in [-0.2, -0.15) is 0 Å². The molecule has 4 heteroatoms. The minimum Gasteiger partial charge on any atom is -0.360 e. The van der Waals surface area contributed by atoms with Crippen LogP contribution in [0.5, 0.6) is 0 Å². The van der Waals surface area contributed by atoms with Crippen molar-refractivity contribution in [2.75, 3.05) is 5.32 Å². The molecule has 7 aromatic carbocycles. The smallest absolute Gasteiger partial charge is 0.143 e. The molecule has 0 aliphatic carbocycles. The van der Waals surface area contributed by atoms with Crippen LogP contribution in [0.4, 0.5) is 5.69 Å². The van der Waals surface area contributed by atoms with E-state index in [0.29, 0.717) is 0 Å². The summed E-state index contributed by atoms with van der Waals surface area (Å²) < 4.78 is 1.27. The maximum Gasteiger partial charge on any atom is 0.143 e. The minimum absolute atomic E-state index is 0.317. The maximum atomic E-state index is 5.35. The number of benzene rings is 7. The highest BCUT2D eigenvalue weighted by Gasteiger charge is 2.18. The fourth-order valence-electron chi connectivity index (χ4n) is 7.18. The number of hydrogen-bond acceptors (Lipinski definition) is 4. The van der Waals surface area contributed by atoms with Crippen molar-refractivity contribution in [2.45, 2.75) is 40.3 Å². The molecule has 0 aliphatic rings. The largest absolute Gasteiger partial charge is 0.360 e. The van der Waals surface area contributed by atoms with Gasteiger partial charge in [0.05, 0.1) is 16.3 Å². The first-order chi connectivity index (χ1) is 26.6. The van der Waals surface area contributed by atoms with Crippen LogP contribution in [0.15, 0.2) is 174 Å². The zero-order valence-corrected chi connectivity index (χ0v) is 32.2. The molecule has 1 N–H and O–H groups in total. The number of anilines is 1. The maximum absolute atomic E-state index is 5.35. The molecular weight excluding hydrogens is 675 g/mol. The molecule has 266 valence electrons. The Bertz CT molecular complexity index is 2610. The molecule has 0 bridgehead atoms. The van der Waals surface area contributed by atoms with Crippen LogP contribution >= 0.6 is 11.3 Å². The molecule has 0 amide bonds. The van der Waals surface area contributed by atoms with E-state index in [4.69, 9.17) is 4.99 Å². The molecule has 3 nitrogen and oxygen atoms in total. The Morgan fingerprint density at radius 3 is 2.02 bits per heavy atom. The summed E-state index contributed by atoms with van der Waals surface area (Å²) in [6.45, 7) is 12.2. The molecule has 0 fully saturated rings. The fourth-order valence-corrected chi connectivity index (χ4v) is 8.40. The lowest BCUT2D eigenvalue weighted by Gasteiger charge is -2.20. The number of nitrogens with one attached hydrogen (secondary N) is 1. The molecule has 1 heterocycles. The molecular formula is C50H45N3S. The van der Waals surface area contributed by atoms with Crippen LogP contribution in [0.3, 0.4) is 0 Å². The van der Waals surface area contributed by atoms with Gasteiger partial charge in [0.25, 0.3) is 0 Å². The number of allylic oxidation sites excluding steroid dienone is 1. The van der Waals surface area contributed by atoms with Crippen LogP contribution in [-0.4, -0.2) is 12.4 Å². The van der Waals surface area contributed by atoms with E-state index >= 15 is 0 Å². The van der Waals surface area contributed by atoms with E-state index in [0.717, 1.165) is 40.2 Å². The first-order valence-corrected chi connectivity index (χ1v) is 19.5. The molecule has 8 rings (SSSR count). The van der Waals surface area contributed by atoms with Gasteiger partial charge in [-0.05, 0) is 87.4 Å². The van der Waals surface area contributed by atoms with Crippen molar-refractivity contribution >= 4 is 66.8 Å². The summed E-state index contributed by atoms with van der Waals surface area (Å²) in [6.07, 6.45) is 2.57. The Morgan fingerprint density at radius 2 is 1.30 bits per heavy atom. The van der Waals surface area contributed by atoms with E-state index in [9.17, 15) is 0 Å². The molecule has 1 aromatic heterocycles. The molecule has 0 saturated carbocycles. The summed E-state index contributed by atoms with van der Waals surface area (Å²) in [4.78, 5) is 11.1. The third-order valence-electron chi connectivity index (χ3n) is 9.86. The third-order valence-corrected chi connectivity index (χ3v) is 11.1. The average Bonchev–Trinajstić information content (AvgIpc) is 3.57. The fraction of sp³-hybridized carbons (Fsp3) is 0.120. The predicted molar refractivity (Wildman–Crippen MR) is 237 cm³/mol. The Hall–Kier alpha value is -6.10. The van der Waals surface area contributed by atoms with E-state index in [1.54, 1.807) is 11.3 Å². The van der Waals surface area contributed by atoms with Gasteiger partial charge < -0.3 is 5.32 Å². The zero-order chi connectivity index (χ0) is 37.4. The van der Waals surface area contributed by atoms with Gasteiger partial charge >= 0.3 is 0 Å². The van der Waals surface area contributed by atoms with Crippen LogP contribution in [-0.2, 0) is 6.42 Å². The summed E-state index contributed by atoms with van der Waals surface area (Å²) in [5.74, 6) is 0. The number of hydrogen-bond donors (Lipinski definition) is 1. The first kappa shape index (κ1) is 36.3. The quantitative estimate of drug-likeness (QED) is 0.111. The van der Waals surface area contributed by atoms with Gasteiger partial charge in [-0.1, -0.05) is 166 Å². The Labute approximate surface area is 323 Å². The zero-order valence-electron chi connectivity index (χ0n) is 31.4. The SMILES string of the molecule is C=NC(Nc1ccccc1Cc1cc2ccccc2c2ccccc12)c1ccc(/C(=C/C)N=C(c2ccccc2)c2sc3ccccc3c2C)cc1.CC. The van der Waals surface area contributed by atoms with Crippen molar-refractivity contribution in [3.05, 3.63) is 202 Å². The normalized spacial score (nSPS) is 12.4. The van der Waals surface area contributed by atoms with E-state index in [1.165, 1.54) is 53.2 Å². The Morgan fingerprint density at radius 1 is 0.667 bits per heavy atom. The van der Waals surface area contributed by atoms with Gasteiger partial charge in [0.15, 0.2) is 0 Å². The van der Waals surface area contributed by atoms with E-state index in [-0.39, 0.29) is 6.17 Å². The molecule has 8 aromatic rings. The summed E-state index contributed by atoms with van der Waals surface area (Å²) in [5.41, 5.74) is 9.91. The van der Waals surface area contributed by atoms with Crippen LogP contribution in [0, 0.1) is 6.92 Å². The first-order valence-electron chi connectivity index (χ1n) is 18.7. The number of thiophene rings is 1. The van der Waals surface area contributed by atoms with Crippen molar-refractivity contribution < 1.29 is 0 Å². The molecule has 0 aliphatic heterocycles. The van der Waals surface area contributed by atoms with E-state index < -0.39 is 0 Å². The highest BCUT2D eigenvalue weighted by molar-refractivity contribution is 7.21. The highest BCUT2D eigenvalue weighted by Crippen LogP contribution is 2.35. The lowest BCUT2D eigenvalue weighted by atomic mass is 9.93. The lowest BCUT2D eigenvalue weighted by Crippen LogP contribution is -2.10. The Kier molecular flexibility index (Phi) is 11.2. The van der Waals surface area contributed by atoms with Gasteiger partial charge in [0.2, 0.25) is 0 Å². The molecule has 1 atom stereocenters. The minimum atomic E-state index is -0.317. The van der Waals surface area contributed by atoms with Crippen molar-refractivity contribution in [2.24, 2.45) is 9.98 Å². The summed E-state index contributed by atoms with van der Waals surface area (Å²) in [5, 5.41) is 10.1. The van der Waals surface area contributed by atoms with Crippen LogP contribution in [0.1, 0.15) is 65.2 Å².